The molecule has 1 aromatic heterocycles. The largest absolute Gasteiger partial charge is 0.462 e. The zero-order chi connectivity index (χ0) is 18.7. The van der Waals surface area contributed by atoms with Gasteiger partial charge in [0.2, 0.25) is 5.52 Å². The van der Waals surface area contributed by atoms with Crippen molar-refractivity contribution in [2.24, 2.45) is 0 Å². The first-order chi connectivity index (χ1) is 12.5. The van der Waals surface area contributed by atoms with Gasteiger partial charge in [0.15, 0.2) is 6.20 Å². The van der Waals surface area contributed by atoms with E-state index in [4.69, 9.17) is 16.3 Å². The van der Waals surface area contributed by atoms with E-state index in [1.807, 2.05) is 37.3 Å². The summed E-state index contributed by atoms with van der Waals surface area (Å²) < 4.78 is 5.23. The zero-order valence-corrected chi connectivity index (χ0v) is 15.9. The van der Waals surface area contributed by atoms with E-state index >= 15 is 0 Å². The number of hydrogen-bond acceptors (Lipinski definition) is 3. The predicted molar refractivity (Wildman–Crippen MR) is 105 cm³/mol. The molecule has 0 bridgehead atoms. The Morgan fingerprint density at radius 3 is 2.69 bits per heavy atom. The summed E-state index contributed by atoms with van der Waals surface area (Å²) in [6, 6.07) is 13.9. The number of aromatic amines is 1. The van der Waals surface area contributed by atoms with Gasteiger partial charge in [0.25, 0.3) is 0 Å². The van der Waals surface area contributed by atoms with Gasteiger partial charge < -0.3 is 10.1 Å². The minimum atomic E-state index is -0.369. The van der Waals surface area contributed by atoms with E-state index in [0.717, 1.165) is 27.7 Å². The van der Waals surface area contributed by atoms with E-state index in [-0.39, 0.29) is 12.0 Å². The lowest BCUT2D eigenvalue weighted by molar-refractivity contribution is -0.345. The number of carbonyl (C=O) groups is 1. The second-order valence-corrected chi connectivity index (χ2v) is 6.66. The first kappa shape index (κ1) is 18.2. The molecular weight excluding hydrogens is 348 g/mol. The smallest absolute Gasteiger partial charge is 0.346 e. The molecule has 0 fully saturated rings. The van der Waals surface area contributed by atoms with Crippen LogP contribution in [0.25, 0.3) is 10.9 Å². The van der Waals surface area contributed by atoms with Crippen molar-refractivity contribution in [2.75, 3.05) is 11.9 Å². The summed E-state index contributed by atoms with van der Waals surface area (Å²) in [5, 5.41) is 4.97. The third-order valence-corrected chi connectivity index (χ3v) is 4.57. The number of halogens is 1. The van der Waals surface area contributed by atoms with Gasteiger partial charge in [-0.25, -0.2) is 9.78 Å². The van der Waals surface area contributed by atoms with Crippen molar-refractivity contribution in [2.45, 2.75) is 26.8 Å². The Labute approximate surface area is 158 Å². The van der Waals surface area contributed by atoms with Gasteiger partial charge in [-0.15, -0.1) is 0 Å². The number of rotatable bonds is 5. The predicted octanol–water partition coefficient (Wildman–Crippen LogP) is 4.97. The molecule has 1 unspecified atom stereocenters. The summed E-state index contributed by atoms with van der Waals surface area (Å²) in [7, 11) is 0. The first-order valence-corrected chi connectivity index (χ1v) is 9.02. The molecular formula is C21H22ClN2O2+. The summed E-state index contributed by atoms with van der Waals surface area (Å²) in [6.45, 7) is 6.16. The maximum absolute atomic E-state index is 12.5. The third-order valence-electron chi connectivity index (χ3n) is 4.36. The van der Waals surface area contributed by atoms with Crippen LogP contribution in [0.3, 0.4) is 0 Å². The fourth-order valence-corrected chi connectivity index (χ4v) is 3.33. The molecule has 3 rings (SSSR count). The molecule has 0 aliphatic heterocycles. The van der Waals surface area contributed by atoms with Crippen LogP contribution >= 0.6 is 11.6 Å². The number of benzene rings is 2. The lowest BCUT2D eigenvalue weighted by Crippen LogP contribution is -2.18. The van der Waals surface area contributed by atoms with Crippen LogP contribution in [-0.2, 0) is 4.74 Å². The number of aromatic nitrogens is 1. The van der Waals surface area contributed by atoms with E-state index < -0.39 is 0 Å². The van der Waals surface area contributed by atoms with Crippen LogP contribution in [0, 0.1) is 6.92 Å². The maximum atomic E-state index is 12.5. The summed E-state index contributed by atoms with van der Waals surface area (Å²) >= 11 is 6.28. The molecule has 0 saturated carbocycles. The third kappa shape index (κ3) is 3.65. The Morgan fingerprint density at radius 2 is 2.00 bits per heavy atom. The van der Waals surface area contributed by atoms with Crippen molar-refractivity contribution in [3.63, 3.8) is 0 Å². The summed E-state index contributed by atoms with van der Waals surface area (Å²) in [4.78, 5) is 15.7. The number of nitrogens with one attached hydrogen (secondary N) is 2. The van der Waals surface area contributed by atoms with Crippen molar-refractivity contribution in [1.29, 1.82) is 0 Å². The van der Waals surface area contributed by atoms with Crippen LogP contribution in [0.15, 0.2) is 48.7 Å². The molecule has 1 heterocycles. The standard InChI is InChI=1S/C21H21ClN2O2/c1-4-26-21(25)18-12-23-19-13(2)10-16(22)11-17(19)20(18)24-14(3)15-8-6-5-7-9-15/h5-12,14H,4H2,1-3H3,(H,23,24)/p+1. The maximum Gasteiger partial charge on any atom is 0.346 e. The van der Waals surface area contributed by atoms with Gasteiger partial charge in [0.05, 0.1) is 17.7 Å². The molecule has 2 N–H and O–H groups in total. The topological polar surface area (TPSA) is 52.5 Å². The van der Waals surface area contributed by atoms with Crippen LogP contribution < -0.4 is 10.3 Å². The molecule has 0 radical (unpaired) electrons. The van der Waals surface area contributed by atoms with Crippen LogP contribution in [-0.4, -0.2) is 12.6 Å². The number of H-pyrrole nitrogens is 1. The summed E-state index contributed by atoms with van der Waals surface area (Å²) in [6.07, 6.45) is 1.70. The number of fused-ring (bicyclic) bond motifs is 1. The molecule has 0 saturated heterocycles. The summed E-state index contributed by atoms with van der Waals surface area (Å²) in [5.41, 5.74) is 4.26. The van der Waals surface area contributed by atoms with Gasteiger partial charge >= 0.3 is 5.97 Å². The average molecular weight is 370 g/mol. The highest BCUT2D eigenvalue weighted by molar-refractivity contribution is 6.31. The van der Waals surface area contributed by atoms with Gasteiger partial charge in [-0.2, -0.15) is 0 Å². The highest BCUT2D eigenvalue weighted by Gasteiger charge is 2.23. The van der Waals surface area contributed by atoms with Crippen LogP contribution in [0.2, 0.25) is 5.02 Å². The Kier molecular flexibility index (Phi) is 5.43. The highest BCUT2D eigenvalue weighted by Crippen LogP contribution is 2.32. The van der Waals surface area contributed by atoms with E-state index in [2.05, 4.69) is 29.4 Å². The fourth-order valence-electron chi connectivity index (χ4n) is 3.06. The average Bonchev–Trinajstić information content (AvgIpc) is 2.63. The van der Waals surface area contributed by atoms with Crippen molar-refractivity contribution >= 4 is 34.2 Å². The van der Waals surface area contributed by atoms with Crippen LogP contribution in [0.1, 0.15) is 41.4 Å². The lowest BCUT2D eigenvalue weighted by Gasteiger charge is -2.18. The molecule has 1 atom stereocenters. The van der Waals surface area contributed by atoms with E-state index in [1.165, 1.54) is 0 Å². The number of carbonyl (C=O) groups excluding carboxylic acids is 1. The number of anilines is 1. The Bertz CT molecular complexity index is 942. The Hall–Kier alpha value is -2.59. The monoisotopic (exact) mass is 369 g/mol. The Balaban J connectivity index is 2.15. The van der Waals surface area contributed by atoms with Gasteiger partial charge in [-0.05, 0) is 38.5 Å². The Morgan fingerprint density at radius 1 is 1.27 bits per heavy atom. The van der Waals surface area contributed by atoms with Crippen molar-refractivity contribution in [1.82, 2.24) is 0 Å². The number of pyridine rings is 1. The van der Waals surface area contributed by atoms with Gasteiger partial charge in [-0.3, -0.25) is 0 Å². The minimum Gasteiger partial charge on any atom is -0.462 e. The lowest BCUT2D eigenvalue weighted by atomic mass is 10.0. The number of ether oxygens (including phenoxy) is 1. The van der Waals surface area contributed by atoms with Gasteiger partial charge in [-0.1, -0.05) is 41.9 Å². The van der Waals surface area contributed by atoms with Crippen LogP contribution in [0.5, 0.6) is 0 Å². The molecule has 0 spiro atoms. The second-order valence-electron chi connectivity index (χ2n) is 6.22. The van der Waals surface area contributed by atoms with Gasteiger partial charge in [0.1, 0.15) is 5.56 Å². The highest BCUT2D eigenvalue weighted by atomic mass is 35.5. The number of hydrogen-bond donors (Lipinski definition) is 1. The normalized spacial score (nSPS) is 12.0. The SMILES string of the molecule is CCOC(=O)c1c[nH+]c2c(C)cc(Cl)cc2c1NC(C)c1ccccc1. The minimum absolute atomic E-state index is 0.00858. The van der Waals surface area contributed by atoms with Crippen molar-refractivity contribution in [3.05, 3.63) is 70.4 Å². The molecule has 0 aliphatic rings. The number of esters is 1. The quantitative estimate of drug-likeness (QED) is 0.646. The molecule has 5 heteroatoms. The van der Waals surface area contributed by atoms with E-state index in [0.29, 0.717) is 17.2 Å². The summed E-state index contributed by atoms with van der Waals surface area (Å²) in [5.74, 6) is -0.369. The number of aryl methyl sites for hydroxylation is 1. The van der Waals surface area contributed by atoms with Crippen LogP contribution in [0.4, 0.5) is 5.69 Å². The van der Waals surface area contributed by atoms with Gasteiger partial charge in [0, 0.05) is 16.6 Å². The molecule has 26 heavy (non-hydrogen) atoms. The molecule has 3 aromatic rings. The molecule has 0 amide bonds. The van der Waals surface area contributed by atoms with Crippen molar-refractivity contribution in [3.8, 4) is 0 Å². The zero-order valence-electron chi connectivity index (χ0n) is 15.1. The fraction of sp³-hybridized carbons (Fsp3) is 0.238. The second kappa shape index (κ2) is 7.75. The van der Waals surface area contributed by atoms with E-state index in [9.17, 15) is 4.79 Å². The molecule has 4 nitrogen and oxygen atoms in total. The molecule has 2 aromatic carbocycles. The van der Waals surface area contributed by atoms with E-state index in [1.54, 1.807) is 13.1 Å². The molecule has 0 aliphatic carbocycles. The molecule has 134 valence electrons. The van der Waals surface area contributed by atoms with Crippen molar-refractivity contribution < 1.29 is 14.5 Å². The first-order valence-electron chi connectivity index (χ1n) is 8.64.